The quantitative estimate of drug-likeness (QED) is 0.747. The maximum Gasteiger partial charge on any atom is 0.0774 e. The number of hydrogen-bond donors (Lipinski definition) is 0. The maximum absolute atomic E-state index is 4.40. The monoisotopic (exact) mass is 292 g/mol. The summed E-state index contributed by atoms with van der Waals surface area (Å²) in [6.45, 7) is 8.53. The molecule has 1 aliphatic rings. The van der Waals surface area contributed by atoms with Crippen molar-refractivity contribution in [1.82, 2.24) is 5.01 Å². The van der Waals surface area contributed by atoms with E-state index in [1.54, 1.807) is 0 Å². The van der Waals surface area contributed by atoms with Crippen molar-refractivity contribution in [2.24, 2.45) is 10.5 Å². The lowest BCUT2D eigenvalue weighted by Gasteiger charge is -2.32. The highest BCUT2D eigenvalue weighted by Crippen LogP contribution is 2.50. The SMILES string of the molecule is C=NN1[C@@H](Cc2ccccc2)CC(C)(C)[C@H]1c1ccccc1. The van der Waals surface area contributed by atoms with Crippen LogP contribution >= 0.6 is 0 Å². The zero-order valence-electron chi connectivity index (χ0n) is 13.4. The topological polar surface area (TPSA) is 15.6 Å². The molecule has 0 unspecified atom stereocenters. The minimum Gasteiger partial charge on any atom is -0.286 e. The Kier molecular flexibility index (Phi) is 4.02. The van der Waals surface area contributed by atoms with Crippen molar-refractivity contribution in [1.29, 1.82) is 0 Å². The van der Waals surface area contributed by atoms with Gasteiger partial charge in [-0.05, 0) is 29.4 Å². The van der Waals surface area contributed by atoms with Gasteiger partial charge in [-0.2, -0.15) is 5.10 Å². The van der Waals surface area contributed by atoms with Gasteiger partial charge in [-0.3, -0.25) is 5.01 Å². The normalized spacial score (nSPS) is 23.5. The summed E-state index contributed by atoms with van der Waals surface area (Å²) in [5.41, 5.74) is 2.88. The first-order valence-corrected chi connectivity index (χ1v) is 7.95. The molecule has 22 heavy (non-hydrogen) atoms. The van der Waals surface area contributed by atoms with Crippen LogP contribution in [0.5, 0.6) is 0 Å². The second-order valence-corrected chi connectivity index (χ2v) is 6.87. The zero-order valence-corrected chi connectivity index (χ0v) is 13.4. The molecule has 1 heterocycles. The molecule has 2 aromatic rings. The van der Waals surface area contributed by atoms with E-state index >= 15 is 0 Å². The van der Waals surface area contributed by atoms with E-state index in [0.717, 1.165) is 12.8 Å². The molecule has 1 aliphatic heterocycles. The van der Waals surface area contributed by atoms with Gasteiger partial charge in [-0.15, -0.1) is 0 Å². The van der Waals surface area contributed by atoms with Crippen molar-refractivity contribution < 1.29 is 0 Å². The van der Waals surface area contributed by atoms with E-state index in [-0.39, 0.29) is 5.41 Å². The molecule has 0 spiro atoms. The van der Waals surface area contributed by atoms with Crippen LogP contribution in [-0.4, -0.2) is 17.8 Å². The van der Waals surface area contributed by atoms with E-state index < -0.39 is 0 Å². The van der Waals surface area contributed by atoms with Gasteiger partial charge in [0.1, 0.15) is 0 Å². The fraction of sp³-hybridized carbons (Fsp3) is 0.350. The highest BCUT2D eigenvalue weighted by Gasteiger charge is 2.46. The molecule has 2 atom stereocenters. The standard InChI is InChI=1S/C20H24N2/c1-20(2)15-18(14-16-10-6-4-7-11-16)22(21-3)19(20)17-12-8-5-9-13-17/h4-13,18-19H,3,14-15H2,1-2H3/t18-,19+/m0/s1. The third kappa shape index (κ3) is 2.78. The number of nitrogens with zero attached hydrogens (tertiary/aromatic N) is 2. The van der Waals surface area contributed by atoms with Crippen molar-refractivity contribution in [2.45, 2.75) is 38.8 Å². The minimum atomic E-state index is 0.183. The summed E-state index contributed by atoms with van der Waals surface area (Å²) in [7, 11) is 0. The number of hydrogen-bond acceptors (Lipinski definition) is 2. The summed E-state index contributed by atoms with van der Waals surface area (Å²) in [4.78, 5) is 0. The van der Waals surface area contributed by atoms with E-state index in [0.29, 0.717) is 12.1 Å². The Bertz CT molecular complexity index is 619. The lowest BCUT2D eigenvalue weighted by Crippen LogP contribution is -2.29. The van der Waals surface area contributed by atoms with Crippen LogP contribution < -0.4 is 0 Å². The molecule has 0 N–H and O–H groups in total. The predicted octanol–water partition coefficient (Wildman–Crippen LogP) is 4.69. The Labute approximate surface area is 133 Å². The van der Waals surface area contributed by atoms with Gasteiger partial charge in [0, 0.05) is 6.72 Å². The largest absolute Gasteiger partial charge is 0.286 e. The molecule has 3 rings (SSSR count). The molecule has 1 saturated heterocycles. The number of hydrazone groups is 1. The van der Waals surface area contributed by atoms with Crippen LogP contribution in [0.3, 0.4) is 0 Å². The van der Waals surface area contributed by atoms with Crippen LogP contribution in [0.15, 0.2) is 65.8 Å². The Hall–Kier alpha value is -2.09. The van der Waals surface area contributed by atoms with Crippen molar-refractivity contribution in [3.63, 3.8) is 0 Å². The summed E-state index contributed by atoms with van der Waals surface area (Å²) in [6, 6.07) is 22.1. The summed E-state index contributed by atoms with van der Waals surface area (Å²) >= 11 is 0. The zero-order chi connectivity index (χ0) is 15.6. The molecular weight excluding hydrogens is 268 g/mol. The van der Waals surface area contributed by atoms with Crippen LogP contribution in [-0.2, 0) is 6.42 Å². The first kappa shape index (κ1) is 14.8. The smallest absolute Gasteiger partial charge is 0.0774 e. The Morgan fingerprint density at radius 3 is 2.23 bits per heavy atom. The van der Waals surface area contributed by atoms with Crippen LogP contribution in [0.1, 0.15) is 37.4 Å². The maximum atomic E-state index is 4.40. The van der Waals surface area contributed by atoms with Crippen molar-refractivity contribution in [3.05, 3.63) is 71.8 Å². The lowest BCUT2D eigenvalue weighted by atomic mass is 9.80. The molecule has 1 fully saturated rings. The molecule has 0 saturated carbocycles. The molecular formula is C20H24N2. The molecule has 2 aromatic carbocycles. The highest BCUT2D eigenvalue weighted by molar-refractivity contribution is 5.28. The van der Waals surface area contributed by atoms with Crippen molar-refractivity contribution in [3.8, 4) is 0 Å². The molecule has 0 aliphatic carbocycles. The Morgan fingerprint density at radius 1 is 1.05 bits per heavy atom. The fourth-order valence-electron chi connectivity index (χ4n) is 3.87. The van der Waals surface area contributed by atoms with Gasteiger partial charge in [0.15, 0.2) is 0 Å². The summed E-state index contributed by atoms with van der Waals surface area (Å²) in [5.74, 6) is 0. The first-order valence-electron chi connectivity index (χ1n) is 7.95. The van der Waals surface area contributed by atoms with Gasteiger partial charge in [-0.25, -0.2) is 0 Å². The fourth-order valence-corrected chi connectivity index (χ4v) is 3.87. The van der Waals surface area contributed by atoms with Gasteiger partial charge in [-0.1, -0.05) is 74.5 Å². The molecule has 0 radical (unpaired) electrons. The van der Waals surface area contributed by atoms with E-state index in [9.17, 15) is 0 Å². The highest BCUT2D eigenvalue weighted by atomic mass is 15.5. The second kappa shape index (κ2) is 5.96. The number of benzene rings is 2. The second-order valence-electron chi connectivity index (χ2n) is 6.87. The third-order valence-electron chi connectivity index (χ3n) is 4.73. The predicted molar refractivity (Wildman–Crippen MR) is 92.9 cm³/mol. The molecule has 0 aromatic heterocycles. The van der Waals surface area contributed by atoms with E-state index in [4.69, 9.17) is 0 Å². The lowest BCUT2D eigenvalue weighted by molar-refractivity contribution is 0.163. The third-order valence-corrected chi connectivity index (χ3v) is 4.73. The van der Waals surface area contributed by atoms with Crippen LogP contribution in [0.25, 0.3) is 0 Å². The summed E-state index contributed by atoms with van der Waals surface area (Å²) < 4.78 is 0. The van der Waals surface area contributed by atoms with Crippen molar-refractivity contribution in [2.75, 3.05) is 0 Å². The average molecular weight is 292 g/mol. The van der Waals surface area contributed by atoms with Gasteiger partial charge >= 0.3 is 0 Å². The van der Waals surface area contributed by atoms with E-state index in [1.165, 1.54) is 11.1 Å². The van der Waals surface area contributed by atoms with Gasteiger partial charge in [0.2, 0.25) is 0 Å². The molecule has 0 bridgehead atoms. The van der Waals surface area contributed by atoms with Crippen LogP contribution in [0, 0.1) is 5.41 Å². The summed E-state index contributed by atoms with van der Waals surface area (Å²) in [5, 5.41) is 6.63. The van der Waals surface area contributed by atoms with E-state index in [2.05, 4.69) is 91.3 Å². The van der Waals surface area contributed by atoms with Gasteiger partial charge in [0.25, 0.3) is 0 Å². The van der Waals surface area contributed by atoms with Crippen LogP contribution in [0.2, 0.25) is 0 Å². The van der Waals surface area contributed by atoms with Crippen molar-refractivity contribution >= 4 is 6.72 Å². The molecule has 2 nitrogen and oxygen atoms in total. The molecule has 114 valence electrons. The van der Waals surface area contributed by atoms with Crippen LogP contribution in [0.4, 0.5) is 0 Å². The molecule has 2 heteroatoms. The molecule has 0 amide bonds. The average Bonchev–Trinajstić information content (AvgIpc) is 2.78. The Balaban J connectivity index is 1.90. The van der Waals surface area contributed by atoms with E-state index in [1.807, 2.05) is 0 Å². The number of rotatable bonds is 4. The Morgan fingerprint density at radius 2 is 1.64 bits per heavy atom. The summed E-state index contributed by atoms with van der Waals surface area (Å²) in [6.07, 6.45) is 2.15. The van der Waals surface area contributed by atoms with Gasteiger partial charge < -0.3 is 0 Å². The minimum absolute atomic E-state index is 0.183. The van der Waals surface area contributed by atoms with Gasteiger partial charge in [0.05, 0.1) is 12.1 Å². The first-order chi connectivity index (χ1) is 10.6.